The van der Waals surface area contributed by atoms with Crippen molar-refractivity contribution < 1.29 is 14.6 Å². The van der Waals surface area contributed by atoms with Gasteiger partial charge in [-0.05, 0) is 13.3 Å². The predicted octanol–water partition coefficient (Wildman–Crippen LogP) is 0.129. The standard InChI is InChI=1S/C7H12O3/c1-4-6(8)5-2-3-9-7(5)10-4/h4-8H,2-3H2,1H3/t4?,5-,6+,7+/m0/s1. The number of fused-ring (bicyclic) bond motifs is 1. The van der Waals surface area contributed by atoms with Crippen molar-refractivity contribution in [2.75, 3.05) is 6.61 Å². The third-order valence-electron chi connectivity index (χ3n) is 2.35. The van der Waals surface area contributed by atoms with E-state index in [4.69, 9.17) is 9.47 Å². The summed E-state index contributed by atoms with van der Waals surface area (Å²) in [5.74, 6) is 0.231. The number of hydrogen-bond acceptors (Lipinski definition) is 3. The summed E-state index contributed by atoms with van der Waals surface area (Å²) >= 11 is 0. The zero-order valence-electron chi connectivity index (χ0n) is 5.99. The van der Waals surface area contributed by atoms with E-state index in [1.54, 1.807) is 0 Å². The largest absolute Gasteiger partial charge is 0.390 e. The van der Waals surface area contributed by atoms with Crippen molar-refractivity contribution in [3.63, 3.8) is 0 Å². The highest BCUT2D eigenvalue weighted by Crippen LogP contribution is 2.34. The van der Waals surface area contributed by atoms with Crippen LogP contribution in [0.15, 0.2) is 0 Å². The molecule has 2 aliphatic rings. The Bertz CT molecular complexity index is 135. The Kier molecular flexibility index (Phi) is 1.44. The van der Waals surface area contributed by atoms with Crippen molar-refractivity contribution in [1.82, 2.24) is 0 Å². The van der Waals surface area contributed by atoms with Gasteiger partial charge in [-0.15, -0.1) is 0 Å². The van der Waals surface area contributed by atoms with Gasteiger partial charge in [-0.25, -0.2) is 0 Å². The van der Waals surface area contributed by atoms with Crippen LogP contribution in [0, 0.1) is 5.92 Å². The lowest BCUT2D eigenvalue weighted by atomic mass is 10.0. The molecule has 3 heteroatoms. The van der Waals surface area contributed by atoms with Gasteiger partial charge in [0.15, 0.2) is 6.29 Å². The van der Waals surface area contributed by atoms with Crippen molar-refractivity contribution in [3.8, 4) is 0 Å². The molecular formula is C7H12O3. The van der Waals surface area contributed by atoms with Crippen LogP contribution >= 0.6 is 0 Å². The Morgan fingerprint density at radius 1 is 1.50 bits per heavy atom. The van der Waals surface area contributed by atoms with Gasteiger partial charge < -0.3 is 14.6 Å². The van der Waals surface area contributed by atoms with Crippen LogP contribution in [0.1, 0.15) is 13.3 Å². The second kappa shape index (κ2) is 2.19. The zero-order valence-corrected chi connectivity index (χ0v) is 5.99. The average molecular weight is 144 g/mol. The SMILES string of the molecule is CC1O[C@H]2OCC[C@H]2[C@@H]1O. The van der Waals surface area contributed by atoms with Crippen LogP contribution in [0.3, 0.4) is 0 Å². The molecule has 1 N–H and O–H groups in total. The highest BCUT2D eigenvalue weighted by molar-refractivity contribution is 4.87. The summed E-state index contributed by atoms with van der Waals surface area (Å²) in [7, 11) is 0. The summed E-state index contributed by atoms with van der Waals surface area (Å²) in [6.45, 7) is 2.62. The minimum Gasteiger partial charge on any atom is -0.390 e. The number of rotatable bonds is 0. The molecule has 3 nitrogen and oxygen atoms in total. The lowest BCUT2D eigenvalue weighted by Crippen LogP contribution is -2.23. The molecule has 0 amide bonds. The fourth-order valence-corrected chi connectivity index (χ4v) is 1.69. The van der Waals surface area contributed by atoms with Gasteiger partial charge in [-0.3, -0.25) is 0 Å². The summed E-state index contributed by atoms with van der Waals surface area (Å²) in [6, 6.07) is 0. The molecule has 1 unspecified atom stereocenters. The highest BCUT2D eigenvalue weighted by atomic mass is 16.7. The molecular weight excluding hydrogens is 132 g/mol. The quantitative estimate of drug-likeness (QED) is 0.525. The van der Waals surface area contributed by atoms with E-state index < -0.39 is 0 Å². The minimum atomic E-state index is -0.313. The maximum Gasteiger partial charge on any atom is 0.163 e. The molecule has 0 saturated carbocycles. The van der Waals surface area contributed by atoms with Gasteiger partial charge in [0.25, 0.3) is 0 Å². The molecule has 2 rings (SSSR count). The van der Waals surface area contributed by atoms with E-state index >= 15 is 0 Å². The van der Waals surface area contributed by atoms with Crippen molar-refractivity contribution in [3.05, 3.63) is 0 Å². The van der Waals surface area contributed by atoms with Crippen LogP contribution in [-0.2, 0) is 9.47 Å². The number of aliphatic hydroxyl groups excluding tert-OH is 1. The molecule has 0 aromatic rings. The summed E-state index contributed by atoms with van der Waals surface area (Å²) in [6.07, 6.45) is 0.462. The van der Waals surface area contributed by atoms with Gasteiger partial charge in [0.2, 0.25) is 0 Å². The van der Waals surface area contributed by atoms with Crippen LogP contribution in [0.5, 0.6) is 0 Å². The molecule has 0 aromatic heterocycles. The number of ether oxygens (including phenoxy) is 2. The first kappa shape index (κ1) is 6.58. The van der Waals surface area contributed by atoms with Crippen molar-refractivity contribution in [1.29, 1.82) is 0 Å². The molecule has 10 heavy (non-hydrogen) atoms. The van der Waals surface area contributed by atoms with E-state index in [0.29, 0.717) is 0 Å². The van der Waals surface area contributed by atoms with E-state index in [2.05, 4.69) is 0 Å². The topological polar surface area (TPSA) is 38.7 Å². The smallest absolute Gasteiger partial charge is 0.163 e. The Balaban J connectivity index is 2.09. The van der Waals surface area contributed by atoms with E-state index in [0.717, 1.165) is 13.0 Å². The first-order valence-electron chi connectivity index (χ1n) is 3.74. The highest BCUT2D eigenvalue weighted by Gasteiger charge is 2.44. The van der Waals surface area contributed by atoms with Gasteiger partial charge >= 0.3 is 0 Å². The summed E-state index contributed by atoms with van der Waals surface area (Å²) in [5, 5.41) is 9.46. The van der Waals surface area contributed by atoms with Gasteiger partial charge in [-0.2, -0.15) is 0 Å². The second-order valence-corrected chi connectivity index (χ2v) is 3.02. The third kappa shape index (κ3) is 0.779. The monoisotopic (exact) mass is 144 g/mol. The van der Waals surface area contributed by atoms with Gasteiger partial charge in [-0.1, -0.05) is 0 Å². The lowest BCUT2D eigenvalue weighted by Gasteiger charge is -2.09. The van der Waals surface area contributed by atoms with Crippen LogP contribution < -0.4 is 0 Å². The molecule has 58 valence electrons. The fourth-order valence-electron chi connectivity index (χ4n) is 1.69. The summed E-state index contributed by atoms with van der Waals surface area (Å²) in [4.78, 5) is 0. The van der Waals surface area contributed by atoms with Crippen LogP contribution in [-0.4, -0.2) is 30.2 Å². The Morgan fingerprint density at radius 3 is 3.00 bits per heavy atom. The van der Waals surface area contributed by atoms with Crippen molar-refractivity contribution >= 4 is 0 Å². The zero-order chi connectivity index (χ0) is 7.14. The summed E-state index contributed by atoms with van der Waals surface area (Å²) in [5.41, 5.74) is 0. The first-order chi connectivity index (χ1) is 4.79. The molecule has 2 aliphatic heterocycles. The van der Waals surface area contributed by atoms with Crippen LogP contribution in [0.25, 0.3) is 0 Å². The molecule has 2 heterocycles. The third-order valence-corrected chi connectivity index (χ3v) is 2.35. The maximum absolute atomic E-state index is 9.46. The van der Waals surface area contributed by atoms with Crippen molar-refractivity contribution in [2.45, 2.75) is 31.8 Å². The van der Waals surface area contributed by atoms with Crippen LogP contribution in [0.2, 0.25) is 0 Å². The Labute approximate surface area is 59.9 Å². The molecule has 0 aromatic carbocycles. The summed E-state index contributed by atoms with van der Waals surface area (Å²) < 4.78 is 10.6. The molecule has 0 spiro atoms. The number of aliphatic hydroxyl groups is 1. The minimum absolute atomic E-state index is 0.0460. The van der Waals surface area contributed by atoms with Gasteiger partial charge in [0.1, 0.15) is 0 Å². The Morgan fingerprint density at radius 2 is 2.30 bits per heavy atom. The normalized spacial score (nSPS) is 53.4. The molecule has 0 aliphatic carbocycles. The Hall–Kier alpha value is -0.120. The van der Waals surface area contributed by atoms with E-state index in [-0.39, 0.29) is 24.4 Å². The molecule has 4 atom stereocenters. The van der Waals surface area contributed by atoms with Gasteiger partial charge in [0, 0.05) is 5.92 Å². The first-order valence-corrected chi connectivity index (χ1v) is 3.74. The fraction of sp³-hybridized carbons (Fsp3) is 1.00. The maximum atomic E-state index is 9.46. The lowest BCUT2D eigenvalue weighted by molar-refractivity contribution is -0.114. The molecule has 0 bridgehead atoms. The second-order valence-electron chi connectivity index (χ2n) is 3.02. The average Bonchev–Trinajstić information content (AvgIpc) is 2.41. The van der Waals surface area contributed by atoms with E-state index in [9.17, 15) is 5.11 Å². The van der Waals surface area contributed by atoms with E-state index in [1.165, 1.54) is 0 Å². The van der Waals surface area contributed by atoms with Crippen LogP contribution in [0.4, 0.5) is 0 Å². The molecule has 2 saturated heterocycles. The van der Waals surface area contributed by atoms with Gasteiger partial charge in [0.05, 0.1) is 18.8 Å². The molecule has 0 radical (unpaired) electrons. The molecule has 2 fully saturated rings. The number of hydrogen-bond donors (Lipinski definition) is 1. The van der Waals surface area contributed by atoms with E-state index in [1.807, 2.05) is 6.92 Å². The predicted molar refractivity (Wildman–Crippen MR) is 34.4 cm³/mol. The van der Waals surface area contributed by atoms with Crippen molar-refractivity contribution in [2.24, 2.45) is 5.92 Å².